The average molecular weight is 424 g/mol. The van der Waals surface area contributed by atoms with Crippen molar-refractivity contribution in [1.29, 1.82) is 0 Å². The number of rotatable bonds is 2. The van der Waals surface area contributed by atoms with Gasteiger partial charge < -0.3 is 24.6 Å². The van der Waals surface area contributed by atoms with Crippen LogP contribution in [0.2, 0.25) is 0 Å². The van der Waals surface area contributed by atoms with Crippen LogP contribution in [0.3, 0.4) is 0 Å². The Kier molecular flexibility index (Phi) is 5.31. The standard InChI is InChI=1S/C25H29NO5/c1-25(2,3)15-7-5-14(6-8-15)21-12-19(29)23-18(28)11-17(27)22(24(23)31-21)16-9-10-26(4)13-20(16)30/h5-8,11-12,16,20,27-28,30H,9-10,13H2,1-4H3/t16-,20+/m0/s1. The van der Waals surface area contributed by atoms with E-state index in [2.05, 4.69) is 20.8 Å². The first kappa shape index (κ1) is 21.4. The van der Waals surface area contributed by atoms with Crippen LogP contribution < -0.4 is 5.43 Å². The van der Waals surface area contributed by atoms with Crippen LogP contribution in [0.4, 0.5) is 0 Å². The maximum atomic E-state index is 12.9. The fourth-order valence-corrected chi connectivity index (χ4v) is 4.38. The minimum absolute atomic E-state index is 0.00220. The molecule has 31 heavy (non-hydrogen) atoms. The summed E-state index contributed by atoms with van der Waals surface area (Å²) in [5.41, 5.74) is 2.00. The number of aliphatic hydroxyl groups is 1. The van der Waals surface area contributed by atoms with Crippen molar-refractivity contribution in [3.8, 4) is 22.8 Å². The first-order chi connectivity index (χ1) is 14.6. The second-order valence-electron chi connectivity index (χ2n) is 9.56. The molecule has 3 aromatic rings. The third-order valence-electron chi connectivity index (χ3n) is 6.19. The molecule has 1 aromatic heterocycles. The van der Waals surface area contributed by atoms with Crippen molar-refractivity contribution in [3.05, 3.63) is 57.7 Å². The van der Waals surface area contributed by atoms with Gasteiger partial charge in [0.1, 0.15) is 28.2 Å². The maximum absolute atomic E-state index is 12.9. The molecule has 4 rings (SSSR count). The second kappa shape index (κ2) is 7.70. The first-order valence-electron chi connectivity index (χ1n) is 10.6. The molecule has 6 nitrogen and oxygen atoms in total. The molecule has 1 aliphatic rings. The molecular weight excluding hydrogens is 394 g/mol. The Bertz CT molecular complexity index is 1170. The van der Waals surface area contributed by atoms with E-state index < -0.39 is 17.5 Å². The molecule has 0 unspecified atom stereocenters. The molecule has 0 radical (unpaired) electrons. The zero-order valence-corrected chi connectivity index (χ0v) is 18.3. The van der Waals surface area contributed by atoms with Crippen molar-refractivity contribution >= 4 is 11.0 Å². The summed E-state index contributed by atoms with van der Waals surface area (Å²) in [4.78, 5) is 14.9. The third-order valence-corrected chi connectivity index (χ3v) is 6.19. The first-order valence-corrected chi connectivity index (χ1v) is 10.6. The normalized spacial score (nSPS) is 20.3. The fourth-order valence-electron chi connectivity index (χ4n) is 4.38. The van der Waals surface area contributed by atoms with Gasteiger partial charge in [0.05, 0.1) is 6.10 Å². The highest BCUT2D eigenvalue weighted by atomic mass is 16.3. The molecule has 1 fully saturated rings. The monoisotopic (exact) mass is 423 g/mol. The minimum atomic E-state index is -0.725. The number of hydrogen-bond donors (Lipinski definition) is 3. The Hall–Kier alpha value is -2.83. The van der Waals surface area contributed by atoms with Crippen molar-refractivity contribution in [3.63, 3.8) is 0 Å². The van der Waals surface area contributed by atoms with E-state index in [0.717, 1.165) is 23.7 Å². The summed E-state index contributed by atoms with van der Waals surface area (Å²) in [5.74, 6) is -0.559. The Labute approximate surface area is 181 Å². The van der Waals surface area contributed by atoms with Crippen molar-refractivity contribution in [2.45, 2.75) is 44.6 Å². The Morgan fingerprint density at radius 2 is 1.74 bits per heavy atom. The van der Waals surface area contributed by atoms with E-state index in [4.69, 9.17) is 4.42 Å². The molecule has 2 heterocycles. The van der Waals surface area contributed by atoms with E-state index in [1.54, 1.807) is 0 Å². The van der Waals surface area contributed by atoms with Crippen molar-refractivity contribution in [2.24, 2.45) is 0 Å². The lowest BCUT2D eigenvalue weighted by Crippen LogP contribution is -2.40. The highest BCUT2D eigenvalue weighted by molar-refractivity contribution is 5.89. The van der Waals surface area contributed by atoms with E-state index in [1.807, 2.05) is 36.2 Å². The summed E-state index contributed by atoms with van der Waals surface area (Å²) in [7, 11) is 1.92. The molecular formula is C25H29NO5. The predicted octanol–water partition coefficient (Wildman–Crippen LogP) is 3.95. The Morgan fingerprint density at radius 1 is 1.06 bits per heavy atom. The number of phenolic OH excluding ortho intramolecular Hbond substituents is 2. The Balaban J connectivity index is 1.90. The van der Waals surface area contributed by atoms with Crippen LogP contribution in [0.1, 0.15) is 44.2 Å². The van der Waals surface area contributed by atoms with Gasteiger partial charge in [0.15, 0.2) is 5.43 Å². The van der Waals surface area contributed by atoms with Gasteiger partial charge >= 0.3 is 0 Å². The number of nitrogens with zero attached hydrogens (tertiary/aromatic N) is 1. The number of β-amino-alcohol motifs (C(OH)–C–C–N with tert-alkyl or cyclic N) is 1. The number of fused-ring (bicyclic) bond motifs is 1. The van der Waals surface area contributed by atoms with E-state index in [9.17, 15) is 20.1 Å². The van der Waals surface area contributed by atoms with Crippen LogP contribution in [0, 0.1) is 0 Å². The molecule has 0 spiro atoms. The number of aliphatic hydroxyl groups excluding tert-OH is 1. The van der Waals surface area contributed by atoms with Gasteiger partial charge in [-0.05, 0) is 31.0 Å². The summed E-state index contributed by atoms with van der Waals surface area (Å²) >= 11 is 0. The zero-order valence-electron chi connectivity index (χ0n) is 18.3. The summed E-state index contributed by atoms with van der Waals surface area (Å²) in [6.07, 6.45) is -0.128. The smallest absolute Gasteiger partial charge is 0.197 e. The highest BCUT2D eigenvalue weighted by Gasteiger charge is 2.33. The number of piperidine rings is 1. The summed E-state index contributed by atoms with van der Waals surface area (Å²) in [6, 6.07) is 10.3. The van der Waals surface area contributed by atoms with Crippen LogP contribution in [0.15, 0.2) is 45.6 Å². The van der Waals surface area contributed by atoms with E-state index >= 15 is 0 Å². The fraction of sp³-hybridized carbons (Fsp3) is 0.400. The summed E-state index contributed by atoms with van der Waals surface area (Å²) in [5, 5.41) is 31.7. The number of aromatic hydroxyl groups is 2. The molecule has 2 aromatic carbocycles. The number of hydrogen-bond acceptors (Lipinski definition) is 6. The van der Waals surface area contributed by atoms with Crippen molar-refractivity contribution in [2.75, 3.05) is 20.1 Å². The van der Waals surface area contributed by atoms with Gasteiger partial charge in [0.25, 0.3) is 0 Å². The molecule has 1 aliphatic heterocycles. The third kappa shape index (κ3) is 3.93. The number of benzene rings is 2. The van der Waals surface area contributed by atoms with Gasteiger partial charge in [-0.1, -0.05) is 45.0 Å². The molecule has 0 amide bonds. The van der Waals surface area contributed by atoms with Gasteiger partial charge in [-0.3, -0.25) is 4.79 Å². The van der Waals surface area contributed by atoms with Gasteiger partial charge in [0, 0.05) is 35.7 Å². The number of likely N-dealkylation sites (tertiary alicyclic amines) is 1. The largest absolute Gasteiger partial charge is 0.507 e. The molecule has 3 N–H and O–H groups in total. The second-order valence-corrected chi connectivity index (χ2v) is 9.56. The lowest BCUT2D eigenvalue weighted by atomic mass is 9.85. The molecule has 2 atom stereocenters. The average Bonchev–Trinajstić information content (AvgIpc) is 2.68. The van der Waals surface area contributed by atoms with Crippen LogP contribution in [0.25, 0.3) is 22.3 Å². The lowest BCUT2D eigenvalue weighted by molar-refractivity contribution is 0.0630. The van der Waals surface area contributed by atoms with E-state index in [1.165, 1.54) is 6.07 Å². The topological polar surface area (TPSA) is 94.1 Å². The van der Waals surface area contributed by atoms with Gasteiger partial charge in [-0.2, -0.15) is 0 Å². The van der Waals surface area contributed by atoms with Crippen LogP contribution in [-0.2, 0) is 5.41 Å². The van der Waals surface area contributed by atoms with Crippen molar-refractivity contribution in [1.82, 2.24) is 4.90 Å². The summed E-state index contributed by atoms with van der Waals surface area (Å²) in [6.45, 7) is 7.57. The molecule has 0 saturated carbocycles. The van der Waals surface area contributed by atoms with Gasteiger partial charge in [-0.25, -0.2) is 0 Å². The minimum Gasteiger partial charge on any atom is -0.507 e. The van der Waals surface area contributed by atoms with Crippen molar-refractivity contribution < 1.29 is 19.7 Å². The molecule has 0 aliphatic carbocycles. The van der Waals surface area contributed by atoms with Crippen LogP contribution in [-0.4, -0.2) is 46.5 Å². The maximum Gasteiger partial charge on any atom is 0.197 e. The number of phenols is 2. The van der Waals surface area contributed by atoms with E-state index in [0.29, 0.717) is 24.3 Å². The molecule has 6 heteroatoms. The summed E-state index contributed by atoms with van der Waals surface area (Å²) < 4.78 is 6.13. The van der Waals surface area contributed by atoms with Gasteiger partial charge in [-0.15, -0.1) is 0 Å². The van der Waals surface area contributed by atoms with E-state index in [-0.39, 0.29) is 27.9 Å². The highest BCUT2D eigenvalue weighted by Crippen LogP contribution is 2.42. The lowest BCUT2D eigenvalue weighted by Gasteiger charge is -2.34. The molecule has 0 bridgehead atoms. The predicted molar refractivity (Wildman–Crippen MR) is 121 cm³/mol. The SMILES string of the molecule is CN1CC[C@H](c2c(O)cc(O)c3c(=O)cc(-c4ccc(C(C)(C)C)cc4)oc23)[C@H](O)C1. The van der Waals surface area contributed by atoms with Crippen LogP contribution >= 0.6 is 0 Å². The zero-order chi connectivity index (χ0) is 22.5. The molecule has 1 saturated heterocycles. The molecule has 164 valence electrons. The van der Waals surface area contributed by atoms with Crippen LogP contribution in [0.5, 0.6) is 11.5 Å². The number of likely N-dealkylation sites (N-methyl/N-ethyl adjacent to an activating group) is 1. The Morgan fingerprint density at radius 3 is 2.35 bits per heavy atom. The van der Waals surface area contributed by atoms with Gasteiger partial charge in [0.2, 0.25) is 0 Å². The quantitative estimate of drug-likeness (QED) is 0.578.